The van der Waals surface area contributed by atoms with E-state index in [1.807, 2.05) is 18.2 Å². The zero-order chi connectivity index (χ0) is 24.0. The van der Waals surface area contributed by atoms with E-state index in [0.29, 0.717) is 22.3 Å². The number of rotatable bonds is 4. The highest BCUT2D eigenvalue weighted by molar-refractivity contribution is 6.52. The minimum atomic E-state index is -0.995. The summed E-state index contributed by atoms with van der Waals surface area (Å²) in [7, 11) is 1.50. The molecule has 34 heavy (non-hydrogen) atoms. The lowest BCUT2D eigenvalue weighted by Crippen LogP contribution is -2.29. The molecule has 4 aromatic rings. The lowest BCUT2D eigenvalue weighted by atomic mass is 9.95. The first kappa shape index (κ1) is 21.7. The second-order valence-corrected chi connectivity index (χ2v) is 8.20. The molecule has 1 aromatic heterocycles. The Morgan fingerprint density at radius 1 is 1.09 bits per heavy atom. The van der Waals surface area contributed by atoms with Crippen LogP contribution in [-0.4, -0.2) is 28.9 Å². The average molecular weight is 477 g/mol. The van der Waals surface area contributed by atoms with E-state index in [1.54, 1.807) is 36.5 Å². The van der Waals surface area contributed by atoms with Crippen molar-refractivity contribution in [1.82, 2.24) is 4.98 Å². The summed E-state index contributed by atoms with van der Waals surface area (Å²) in [5.41, 5.74) is 1.81. The van der Waals surface area contributed by atoms with Gasteiger partial charge in [0.15, 0.2) is 0 Å². The summed E-state index contributed by atoms with van der Waals surface area (Å²) < 4.78 is 19.2. The largest absolute Gasteiger partial charge is 0.507 e. The first-order valence-electron chi connectivity index (χ1n) is 10.4. The zero-order valence-corrected chi connectivity index (χ0v) is 18.6. The van der Waals surface area contributed by atoms with E-state index in [0.717, 1.165) is 11.6 Å². The molecule has 3 aromatic carbocycles. The van der Waals surface area contributed by atoms with E-state index >= 15 is 0 Å². The first-order valence-corrected chi connectivity index (χ1v) is 10.7. The standard InChI is InChI=1S/C26H18ClFN2O4/c1-34-16-6-4-5-14(11-16)23-22(24(31)18-13-29-21-8-3-2-7-17(18)21)25(32)26(33)30(23)15-9-10-20(28)19(27)12-15/h2-13,23,29,31H,1H3/b24-22-. The highest BCUT2D eigenvalue weighted by Crippen LogP contribution is 2.44. The van der Waals surface area contributed by atoms with Crippen LogP contribution < -0.4 is 9.64 Å². The van der Waals surface area contributed by atoms with Crippen LogP contribution in [0.25, 0.3) is 16.7 Å². The number of ether oxygens (including phenoxy) is 1. The van der Waals surface area contributed by atoms with Crippen LogP contribution in [0.1, 0.15) is 17.2 Å². The Bertz CT molecular complexity index is 1490. The number of para-hydroxylation sites is 1. The Morgan fingerprint density at radius 2 is 1.88 bits per heavy atom. The maximum atomic E-state index is 13.8. The van der Waals surface area contributed by atoms with Crippen LogP contribution >= 0.6 is 11.6 Å². The van der Waals surface area contributed by atoms with Gasteiger partial charge in [-0.1, -0.05) is 41.9 Å². The number of aliphatic hydroxyl groups excluding tert-OH is 1. The molecule has 0 aliphatic carbocycles. The average Bonchev–Trinajstić information content (AvgIpc) is 3.40. The minimum Gasteiger partial charge on any atom is -0.507 e. The van der Waals surface area contributed by atoms with Gasteiger partial charge in [0.05, 0.1) is 23.7 Å². The second kappa shape index (κ2) is 8.35. The van der Waals surface area contributed by atoms with E-state index in [4.69, 9.17) is 16.3 Å². The number of aromatic amines is 1. The van der Waals surface area contributed by atoms with Crippen LogP contribution in [-0.2, 0) is 9.59 Å². The Kier molecular flexibility index (Phi) is 5.34. The van der Waals surface area contributed by atoms with Gasteiger partial charge in [0.2, 0.25) is 0 Å². The van der Waals surface area contributed by atoms with Crippen molar-refractivity contribution in [2.45, 2.75) is 6.04 Å². The summed E-state index contributed by atoms with van der Waals surface area (Å²) in [6.45, 7) is 0. The van der Waals surface area contributed by atoms with Crippen LogP contribution in [0.2, 0.25) is 5.02 Å². The molecule has 1 atom stereocenters. The van der Waals surface area contributed by atoms with Crippen LogP contribution in [0.15, 0.2) is 78.5 Å². The number of carbonyl (C=O) groups excluding carboxylic acids is 2. The van der Waals surface area contributed by atoms with E-state index < -0.39 is 23.5 Å². The third kappa shape index (κ3) is 3.41. The molecule has 1 aliphatic heterocycles. The minimum absolute atomic E-state index is 0.0940. The molecule has 1 aliphatic rings. The lowest BCUT2D eigenvalue weighted by molar-refractivity contribution is -0.132. The quantitative estimate of drug-likeness (QED) is 0.228. The molecule has 6 nitrogen and oxygen atoms in total. The van der Waals surface area contributed by atoms with Crippen LogP contribution in [0.3, 0.4) is 0 Å². The molecular weight excluding hydrogens is 459 g/mol. The second-order valence-electron chi connectivity index (χ2n) is 7.79. The van der Waals surface area contributed by atoms with Gasteiger partial charge in [0, 0.05) is 28.4 Å². The third-order valence-electron chi connectivity index (χ3n) is 5.88. The molecule has 0 radical (unpaired) electrons. The van der Waals surface area contributed by atoms with Crippen molar-refractivity contribution in [3.63, 3.8) is 0 Å². The monoisotopic (exact) mass is 476 g/mol. The Hall–Kier alpha value is -4.10. The number of hydrogen-bond donors (Lipinski definition) is 2. The van der Waals surface area contributed by atoms with Gasteiger partial charge in [-0.3, -0.25) is 14.5 Å². The number of methoxy groups -OCH3 is 1. The predicted octanol–water partition coefficient (Wildman–Crippen LogP) is 5.60. The topological polar surface area (TPSA) is 82.6 Å². The number of amides is 1. The molecule has 1 saturated heterocycles. The fraction of sp³-hybridized carbons (Fsp3) is 0.0769. The van der Waals surface area contributed by atoms with E-state index in [1.165, 1.54) is 24.1 Å². The summed E-state index contributed by atoms with van der Waals surface area (Å²) in [6, 6.07) is 16.9. The molecule has 1 fully saturated rings. The SMILES string of the molecule is COc1cccc(C2/C(=C(/O)c3c[nH]c4ccccc34)C(=O)C(=O)N2c2ccc(F)c(Cl)c2)c1. The summed E-state index contributed by atoms with van der Waals surface area (Å²) in [5.74, 6) is -2.20. The van der Waals surface area contributed by atoms with Crippen molar-refractivity contribution < 1.29 is 23.8 Å². The number of nitrogens with one attached hydrogen (secondary N) is 1. The van der Waals surface area contributed by atoms with Gasteiger partial charge in [-0.05, 0) is 42.0 Å². The number of nitrogens with zero attached hydrogens (tertiary/aromatic N) is 1. The molecular formula is C26H18ClFN2O4. The van der Waals surface area contributed by atoms with E-state index in [9.17, 15) is 19.1 Å². The molecule has 8 heteroatoms. The summed E-state index contributed by atoms with van der Waals surface area (Å²) in [6.07, 6.45) is 1.59. The van der Waals surface area contributed by atoms with Crippen molar-refractivity contribution in [1.29, 1.82) is 0 Å². The highest BCUT2D eigenvalue weighted by Gasteiger charge is 2.47. The Morgan fingerprint density at radius 3 is 2.65 bits per heavy atom. The normalized spacial score (nSPS) is 17.5. The Labute approximate surface area is 198 Å². The van der Waals surface area contributed by atoms with E-state index in [-0.39, 0.29) is 22.0 Å². The molecule has 5 rings (SSSR count). The van der Waals surface area contributed by atoms with Crippen molar-refractivity contribution >= 4 is 45.6 Å². The van der Waals surface area contributed by atoms with Crippen molar-refractivity contribution in [3.8, 4) is 5.75 Å². The predicted molar refractivity (Wildman–Crippen MR) is 127 cm³/mol. The van der Waals surface area contributed by atoms with Gasteiger partial charge in [0.25, 0.3) is 11.7 Å². The fourth-order valence-electron chi connectivity index (χ4n) is 4.27. The summed E-state index contributed by atoms with van der Waals surface area (Å²) in [4.78, 5) is 30.8. The Balaban J connectivity index is 1.77. The van der Waals surface area contributed by atoms with Crippen molar-refractivity contribution in [2.75, 3.05) is 12.0 Å². The number of Topliss-reactive ketones (excluding diaryl/α,β-unsaturated/α-hetero) is 1. The lowest BCUT2D eigenvalue weighted by Gasteiger charge is -2.26. The van der Waals surface area contributed by atoms with Gasteiger partial charge in [0.1, 0.15) is 17.3 Å². The molecule has 0 saturated carbocycles. The van der Waals surface area contributed by atoms with Crippen LogP contribution in [0.5, 0.6) is 5.75 Å². The smallest absolute Gasteiger partial charge is 0.300 e. The fourth-order valence-corrected chi connectivity index (χ4v) is 4.45. The molecule has 1 unspecified atom stereocenters. The van der Waals surface area contributed by atoms with Crippen molar-refractivity contribution in [2.24, 2.45) is 0 Å². The summed E-state index contributed by atoms with van der Waals surface area (Å²) >= 11 is 5.98. The summed E-state index contributed by atoms with van der Waals surface area (Å²) in [5, 5.41) is 11.9. The van der Waals surface area contributed by atoms with Gasteiger partial charge in [-0.2, -0.15) is 0 Å². The highest BCUT2D eigenvalue weighted by atomic mass is 35.5. The van der Waals surface area contributed by atoms with E-state index in [2.05, 4.69) is 4.98 Å². The number of ketones is 1. The molecule has 1 amide bonds. The van der Waals surface area contributed by atoms with Gasteiger partial charge >= 0.3 is 0 Å². The zero-order valence-electron chi connectivity index (χ0n) is 17.9. The maximum absolute atomic E-state index is 13.8. The molecule has 0 bridgehead atoms. The van der Waals surface area contributed by atoms with Crippen LogP contribution in [0, 0.1) is 5.82 Å². The maximum Gasteiger partial charge on any atom is 0.300 e. The number of carbonyl (C=O) groups is 2. The molecule has 2 heterocycles. The number of benzene rings is 3. The number of H-pyrrole nitrogens is 1. The molecule has 2 N–H and O–H groups in total. The number of halogens is 2. The number of fused-ring (bicyclic) bond motifs is 1. The van der Waals surface area contributed by atoms with Gasteiger partial charge in [-0.15, -0.1) is 0 Å². The van der Waals surface area contributed by atoms with Gasteiger partial charge < -0.3 is 14.8 Å². The van der Waals surface area contributed by atoms with Gasteiger partial charge in [-0.25, -0.2) is 4.39 Å². The first-order chi connectivity index (χ1) is 16.4. The number of anilines is 1. The molecule has 0 spiro atoms. The van der Waals surface area contributed by atoms with Crippen molar-refractivity contribution in [3.05, 3.63) is 100 Å². The number of aromatic nitrogens is 1. The third-order valence-corrected chi connectivity index (χ3v) is 6.17. The number of aliphatic hydroxyl groups is 1. The van der Waals surface area contributed by atoms with Crippen LogP contribution in [0.4, 0.5) is 10.1 Å². The number of hydrogen-bond acceptors (Lipinski definition) is 4. The molecule has 170 valence electrons.